The lowest BCUT2D eigenvalue weighted by Crippen LogP contribution is -2.56. The van der Waals surface area contributed by atoms with Crippen molar-refractivity contribution in [3.63, 3.8) is 0 Å². The first-order chi connectivity index (χ1) is 12.9. The number of carboxylic acid groups (broad SMARTS) is 1. The zero-order valence-electron chi connectivity index (χ0n) is 17.1. The lowest BCUT2D eigenvalue weighted by Gasteiger charge is -2.53. The summed E-state index contributed by atoms with van der Waals surface area (Å²) in [5, 5.41) is 10.8. The second-order valence-electron chi connectivity index (χ2n) is 10.8. The van der Waals surface area contributed by atoms with Gasteiger partial charge in [0.15, 0.2) is 0 Å². The van der Waals surface area contributed by atoms with Crippen LogP contribution < -0.4 is 0 Å². The summed E-state index contributed by atoms with van der Waals surface area (Å²) in [6.45, 7) is 6.94. The summed E-state index contributed by atoms with van der Waals surface area (Å²) in [5.74, 6) is 2.16. The number of aliphatic carboxylic acids is 1. The summed E-state index contributed by atoms with van der Waals surface area (Å²) < 4.78 is 11.9. The van der Waals surface area contributed by atoms with Gasteiger partial charge in [0.05, 0.1) is 29.8 Å². The Hall–Kier alpha value is -0.610. The van der Waals surface area contributed by atoms with Gasteiger partial charge in [-0.1, -0.05) is 27.2 Å². The van der Waals surface area contributed by atoms with Crippen LogP contribution in [0.15, 0.2) is 0 Å². The Morgan fingerprint density at radius 2 is 1.81 bits per heavy atom. The highest BCUT2D eigenvalue weighted by atomic mass is 16.6. The molecule has 5 aliphatic rings. The molecule has 5 rings (SSSR count). The molecular weight excluding hydrogens is 340 g/mol. The first-order valence-corrected chi connectivity index (χ1v) is 11.5. The molecular formula is C23H36O4. The quantitative estimate of drug-likeness (QED) is 0.733. The van der Waals surface area contributed by atoms with Crippen LogP contribution in [0.25, 0.3) is 0 Å². The van der Waals surface area contributed by atoms with Crippen LogP contribution in [0.2, 0.25) is 0 Å². The molecule has 3 saturated carbocycles. The summed E-state index contributed by atoms with van der Waals surface area (Å²) >= 11 is 0. The van der Waals surface area contributed by atoms with Crippen LogP contribution in [0.3, 0.4) is 0 Å². The molecule has 5 fully saturated rings. The smallest absolute Gasteiger partial charge is 0.310 e. The Kier molecular flexibility index (Phi) is 4.40. The van der Waals surface area contributed by atoms with Gasteiger partial charge in [-0.15, -0.1) is 0 Å². The maximum Gasteiger partial charge on any atom is 0.310 e. The number of epoxide rings is 2. The molecule has 2 heterocycles. The molecule has 0 aromatic heterocycles. The van der Waals surface area contributed by atoms with Crippen molar-refractivity contribution in [3.05, 3.63) is 0 Å². The van der Waals surface area contributed by atoms with Crippen LogP contribution in [0, 0.1) is 40.9 Å². The summed E-state index contributed by atoms with van der Waals surface area (Å²) in [5.41, 5.74) is -0.590. The molecule has 0 amide bonds. The zero-order valence-corrected chi connectivity index (χ0v) is 17.1. The van der Waals surface area contributed by atoms with Crippen molar-refractivity contribution in [3.8, 4) is 0 Å². The molecule has 4 heteroatoms. The second-order valence-corrected chi connectivity index (χ2v) is 10.8. The van der Waals surface area contributed by atoms with Gasteiger partial charge in [-0.05, 0) is 74.5 Å². The number of carboxylic acids is 1. The highest BCUT2D eigenvalue weighted by Gasteiger charge is 2.67. The minimum Gasteiger partial charge on any atom is -0.481 e. The molecule has 0 aromatic carbocycles. The molecule has 0 aromatic rings. The molecule has 152 valence electrons. The van der Waals surface area contributed by atoms with E-state index in [9.17, 15) is 9.90 Å². The standard InChI is InChI=1S/C23H36O4/c1-12(2)15-6-4-13(3)10-16(15)23(22(24)25)9-8-18-21(27-18)20(23)14-5-7-17-19(11-14)26-17/h12-21H,4-11H2,1-3H3,(H,24,25). The summed E-state index contributed by atoms with van der Waals surface area (Å²) in [4.78, 5) is 13.1. The van der Waals surface area contributed by atoms with Crippen molar-refractivity contribution in [2.24, 2.45) is 40.9 Å². The van der Waals surface area contributed by atoms with Crippen molar-refractivity contribution >= 4 is 5.97 Å². The van der Waals surface area contributed by atoms with Gasteiger partial charge in [0, 0.05) is 5.92 Å². The Morgan fingerprint density at radius 3 is 2.52 bits per heavy atom. The maximum atomic E-state index is 13.1. The molecule has 10 unspecified atom stereocenters. The van der Waals surface area contributed by atoms with Crippen molar-refractivity contribution < 1.29 is 19.4 Å². The predicted molar refractivity (Wildman–Crippen MR) is 102 cm³/mol. The summed E-state index contributed by atoms with van der Waals surface area (Å²) in [6, 6.07) is 0. The van der Waals surface area contributed by atoms with E-state index in [2.05, 4.69) is 20.8 Å². The first-order valence-electron chi connectivity index (χ1n) is 11.5. The van der Waals surface area contributed by atoms with Gasteiger partial charge in [0.2, 0.25) is 0 Å². The third-order valence-electron chi connectivity index (χ3n) is 9.05. The number of rotatable bonds is 4. The average Bonchev–Trinajstić information content (AvgIpc) is 3.53. The number of hydrogen-bond acceptors (Lipinski definition) is 3. The van der Waals surface area contributed by atoms with Crippen LogP contribution in [0.5, 0.6) is 0 Å². The third-order valence-corrected chi connectivity index (χ3v) is 9.05. The molecule has 0 spiro atoms. The molecule has 0 bridgehead atoms. The van der Waals surface area contributed by atoms with E-state index in [1.165, 1.54) is 12.8 Å². The molecule has 2 aliphatic heterocycles. The van der Waals surface area contributed by atoms with Gasteiger partial charge in [0.25, 0.3) is 0 Å². The Morgan fingerprint density at radius 1 is 1.00 bits per heavy atom. The van der Waals surface area contributed by atoms with E-state index < -0.39 is 11.4 Å². The van der Waals surface area contributed by atoms with E-state index >= 15 is 0 Å². The van der Waals surface area contributed by atoms with Crippen molar-refractivity contribution in [2.75, 3.05) is 0 Å². The minimum absolute atomic E-state index is 0.190. The Labute approximate surface area is 163 Å². The minimum atomic E-state index is -0.590. The maximum absolute atomic E-state index is 13.1. The first kappa shape index (κ1) is 18.4. The fourth-order valence-corrected chi connectivity index (χ4v) is 7.63. The summed E-state index contributed by atoms with van der Waals surface area (Å²) in [7, 11) is 0. The second kappa shape index (κ2) is 6.45. The fraction of sp³-hybridized carbons (Fsp3) is 0.957. The number of carbonyl (C=O) groups is 1. The molecule has 27 heavy (non-hydrogen) atoms. The van der Waals surface area contributed by atoms with E-state index in [1.54, 1.807) is 0 Å². The van der Waals surface area contributed by atoms with E-state index in [0.717, 1.165) is 38.5 Å². The van der Waals surface area contributed by atoms with Crippen molar-refractivity contribution in [1.29, 1.82) is 0 Å². The Balaban J connectivity index is 1.53. The van der Waals surface area contributed by atoms with Crippen LogP contribution >= 0.6 is 0 Å². The van der Waals surface area contributed by atoms with Gasteiger partial charge < -0.3 is 14.6 Å². The van der Waals surface area contributed by atoms with Gasteiger partial charge in [-0.25, -0.2) is 0 Å². The van der Waals surface area contributed by atoms with E-state index in [4.69, 9.17) is 9.47 Å². The number of ether oxygens (including phenoxy) is 2. The highest BCUT2D eigenvalue weighted by Crippen LogP contribution is 2.63. The molecule has 3 aliphatic carbocycles. The molecule has 10 atom stereocenters. The largest absolute Gasteiger partial charge is 0.481 e. The van der Waals surface area contributed by atoms with Crippen LogP contribution in [0.4, 0.5) is 0 Å². The predicted octanol–water partition coefficient (Wildman–Crippen LogP) is 4.51. The Bertz CT molecular complexity index is 603. The van der Waals surface area contributed by atoms with Crippen LogP contribution in [0.1, 0.15) is 72.1 Å². The molecule has 0 radical (unpaired) electrons. The van der Waals surface area contributed by atoms with Crippen LogP contribution in [-0.4, -0.2) is 35.5 Å². The van der Waals surface area contributed by atoms with Gasteiger partial charge in [-0.2, -0.15) is 0 Å². The van der Waals surface area contributed by atoms with Crippen LogP contribution in [-0.2, 0) is 14.3 Å². The van der Waals surface area contributed by atoms with Crippen molar-refractivity contribution in [1.82, 2.24) is 0 Å². The van der Waals surface area contributed by atoms with E-state index in [1.807, 2.05) is 0 Å². The number of fused-ring (bicyclic) bond motifs is 2. The normalized spacial score (nSPS) is 54.1. The van der Waals surface area contributed by atoms with E-state index in [-0.39, 0.29) is 12.0 Å². The topological polar surface area (TPSA) is 62.4 Å². The fourth-order valence-electron chi connectivity index (χ4n) is 7.63. The highest BCUT2D eigenvalue weighted by molar-refractivity contribution is 5.76. The lowest BCUT2D eigenvalue weighted by atomic mass is 9.48. The van der Waals surface area contributed by atoms with Gasteiger partial charge in [-0.3, -0.25) is 4.79 Å². The molecule has 1 N–H and O–H groups in total. The monoisotopic (exact) mass is 376 g/mol. The average molecular weight is 377 g/mol. The molecule has 2 saturated heterocycles. The van der Waals surface area contributed by atoms with E-state index in [0.29, 0.717) is 47.9 Å². The van der Waals surface area contributed by atoms with Crippen molar-refractivity contribution in [2.45, 2.75) is 96.6 Å². The number of hydrogen-bond donors (Lipinski definition) is 1. The van der Waals surface area contributed by atoms with Gasteiger partial charge in [0.1, 0.15) is 0 Å². The molecule has 4 nitrogen and oxygen atoms in total. The lowest BCUT2D eigenvalue weighted by molar-refractivity contribution is -0.170. The third kappa shape index (κ3) is 2.88. The summed E-state index contributed by atoms with van der Waals surface area (Å²) in [6.07, 6.45) is 10.00. The SMILES string of the molecule is CC1CCC(C(C)C)C(C2(C(=O)O)CCC3OC3C2C2CCC3OC3C2)C1. The van der Waals surface area contributed by atoms with Gasteiger partial charge >= 0.3 is 5.97 Å². The zero-order chi connectivity index (χ0) is 18.9.